The first kappa shape index (κ1) is 20.9. The van der Waals surface area contributed by atoms with Gasteiger partial charge in [-0.3, -0.25) is 4.79 Å². The first-order chi connectivity index (χ1) is 16.1. The third kappa shape index (κ3) is 4.22. The summed E-state index contributed by atoms with van der Waals surface area (Å²) >= 11 is 1.60. The number of pyridine rings is 1. The summed E-state index contributed by atoms with van der Waals surface area (Å²) < 4.78 is 20.2. The Balaban J connectivity index is 1.44. The van der Waals surface area contributed by atoms with Crippen LogP contribution in [0.5, 0.6) is 5.75 Å². The predicted molar refractivity (Wildman–Crippen MR) is 128 cm³/mol. The fourth-order valence-electron chi connectivity index (χ4n) is 3.51. The minimum atomic E-state index is -0.385. The maximum absolute atomic E-state index is 13.6. The van der Waals surface area contributed by atoms with Crippen LogP contribution in [0.2, 0.25) is 0 Å². The topological polar surface area (TPSA) is 85.2 Å². The zero-order valence-electron chi connectivity index (χ0n) is 17.5. The lowest BCUT2D eigenvalue weighted by atomic mass is 10.1. The van der Waals surface area contributed by atoms with E-state index in [4.69, 9.17) is 4.74 Å². The maximum Gasteiger partial charge on any atom is 0.298 e. The van der Waals surface area contributed by atoms with Crippen LogP contribution in [0.25, 0.3) is 21.9 Å². The summed E-state index contributed by atoms with van der Waals surface area (Å²) in [6.45, 7) is 0. The molecule has 7 nitrogen and oxygen atoms in total. The van der Waals surface area contributed by atoms with E-state index in [1.54, 1.807) is 37.3 Å². The quantitative estimate of drug-likeness (QED) is 0.296. The zero-order valence-corrected chi connectivity index (χ0v) is 18.3. The molecule has 33 heavy (non-hydrogen) atoms. The highest BCUT2D eigenvalue weighted by molar-refractivity contribution is 7.98. The highest BCUT2D eigenvalue weighted by atomic mass is 32.2. The molecule has 2 aromatic carbocycles. The third-order valence-corrected chi connectivity index (χ3v) is 6.09. The molecule has 0 saturated heterocycles. The Kier molecular flexibility index (Phi) is 5.62. The predicted octanol–water partition coefficient (Wildman–Crippen LogP) is 4.60. The van der Waals surface area contributed by atoms with E-state index < -0.39 is 0 Å². The van der Waals surface area contributed by atoms with E-state index in [2.05, 4.69) is 20.1 Å². The molecule has 5 rings (SSSR count). The van der Waals surface area contributed by atoms with Crippen molar-refractivity contribution in [3.05, 3.63) is 94.4 Å². The number of hydrogen-bond donors (Lipinski definition) is 1. The van der Waals surface area contributed by atoms with Gasteiger partial charge in [0, 0.05) is 28.4 Å². The molecular formula is C24H18FN5O2S. The first-order valence-electron chi connectivity index (χ1n) is 10.1. The number of aromatic amines is 1. The van der Waals surface area contributed by atoms with Crippen molar-refractivity contribution in [1.29, 1.82) is 0 Å². The number of hydrogen-bond acceptors (Lipinski definition) is 6. The Morgan fingerprint density at radius 1 is 1.18 bits per heavy atom. The second-order valence-electron chi connectivity index (χ2n) is 7.21. The minimum absolute atomic E-state index is 0.275. The number of thioether (sulfide) groups is 1. The largest absolute Gasteiger partial charge is 0.496 e. The molecule has 0 unspecified atom stereocenters. The number of halogens is 1. The summed E-state index contributed by atoms with van der Waals surface area (Å²) in [7, 11) is 1.63. The van der Waals surface area contributed by atoms with Crippen molar-refractivity contribution >= 4 is 39.9 Å². The van der Waals surface area contributed by atoms with Gasteiger partial charge in [-0.2, -0.15) is 9.78 Å². The molecule has 0 aliphatic carbocycles. The molecule has 5 aromatic rings. The second kappa shape index (κ2) is 8.87. The molecule has 3 heterocycles. The van der Waals surface area contributed by atoms with Crippen LogP contribution >= 0.6 is 11.8 Å². The van der Waals surface area contributed by atoms with Crippen LogP contribution in [0, 0.1) is 5.82 Å². The van der Waals surface area contributed by atoms with Gasteiger partial charge in [0.1, 0.15) is 28.9 Å². The van der Waals surface area contributed by atoms with Crippen molar-refractivity contribution in [2.45, 2.75) is 10.8 Å². The second-order valence-corrected chi connectivity index (χ2v) is 8.20. The number of nitrogens with zero attached hydrogens (tertiary/aromatic N) is 4. The molecule has 0 fully saturated rings. The summed E-state index contributed by atoms with van der Waals surface area (Å²) in [5.41, 5.74) is 2.75. The van der Waals surface area contributed by atoms with Gasteiger partial charge in [-0.05, 0) is 54.1 Å². The van der Waals surface area contributed by atoms with Crippen molar-refractivity contribution < 1.29 is 9.13 Å². The highest BCUT2D eigenvalue weighted by Crippen LogP contribution is 2.27. The minimum Gasteiger partial charge on any atom is -0.496 e. The number of aromatic nitrogens is 4. The molecule has 0 saturated carbocycles. The SMILES string of the molecule is COc1ccc(/C=N/n2cnc3c([nH]c4ccc(F)cc43)c2=O)cc1CSc1ccccn1. The average molecular weight is 460 g/mol. The van der Waals surface area contributed by atoms with E-state index in [0.717, 1.165) is 26.6 Å². The van der Waals surface area contributed by atoms with Gasteiger partial charge in [0.2, 0.25) is 0 Å². The molecule has 9 heteroatoms. The lowest BCUT2D eigenvalue weighted by Crippen LogP contribution is -2.17. The number of rotatable bonds is 6. The Labute approximate surface area is 192 Å². The normalized spacial score (nSPS) is 11.6. The summed E-state index contributed by atoms with van der Waals surface area (Å²) in [5.74, 6) is 1.05. The van der Waals surface area contributed by atoms with Gasteiger partial charge in [-0.15, -0.1) is 11.8 Å². The van der Waals surface area contributed by atoms with Crippen LogP contribution in [0.1, 0.15) is 11.1 Å². The molecule has 1 N–H and O–H groups in total. The smallest absolute Gasteiger partial charge is 0.298 e. The Bertz CT molecular complexity index is 1550. The lowest BCUT2D eigenvalue weighted by molar-refractivity contribution is 0.411. The molecule has 0 bridgehead atoms. The number of methoxy groups -OCH3 is 1. The first-order valence-corrected chi connectivity index (χ1v) is 11.0. The Morgan fingerprint density at radius 2 is 2.09 bits per heavy atom. The van der Waals surface area contributed by atoms with E-state index in [1.807, 2.05) is 36.4 Å². The van der Waals surface area contributed by atoms with E-state index in [1.165, 1.54) is 18.5 Å². The fraction of sp³-hybridized carbons (Fsp3) is 0.0833. The monoisotopic (exact) mass is 459 g/mol. The molecule has 0 radical (unpaired) electrons. The van der Waals surface area contributed by atoms with Crippen molar-refractivity contribution in [2.24, 2.45) is 5.10 Å². The van der Waals surface area contributed by atoms with E-state index >= 15 is 0 Å². The molecule has 0 amide bonds. The van der Waals surface area contributed by atoms with Gasteiger partial charge < -0.3 is 9.72 Å². The number of fused-ring (bicyclic) bond motifs is 3. The third-order valence-electron chi connectivity index (χ3n) is 5.10. The van der Waals surface area contributed by atoms with Crippen LogP contribution in [0.15, 0.2) is 82.0 Å². The van der Waals surface area contributed by atoms with E-state index in [0.29, 0.717) is 22.2 Å². The van der Waals surface area contributed by atoms with Crippen molar-refractivity contribution in [3.8, 4) is 5.75 Å². The molecule has 0 aliphatic heterocycles. The van der Waals surface area contributed by atoms with Gasteiger partial charge in [0.05, 0.1) is 18.4 Å². The Morgan fingerprint density at radius 3 is 2.91 bits per heavy atom. The van der Waals surface area contributed by atoms with E-state index in [9.17, 15) is 9.18 Å². The van der Waals surface area contributed by atoms with Crippen molar-refractivity contribution in [3.63, 3.8) is 0 Å². The van der Waals surface area contributed by atoms with Gasteiger partial charge in [0.15, 0.2) is 0 Å². The van der Waals surface area contributed by atoms with Crippen molar-refractivity contribution in [2.75, 3.05) is 7.11 Å². The number of H-pyrrole nitrogens is 1. The molecule has 3 aromatic heterocycles. The van der Waals surface area contributed by atoms with Crippen LogP contribution in [0.4, 0.5) is 4.39 Å². The lowest BCUT2D eigenvalue weighted by Gasteiger charge is -2.09. The zero-order chi connectivity index (χ0) is 22.8. The standard InChI is InChI=1S/C24H18FN5O2S/c1-32-20-8-5-15(10-16(20)13-33-21-4-2-3-9-26-21)12-28-30-14-27-22-18-11-17(25)6-7-19(18)29-23(22)24(30)31/h2-12,14,29H,13H2,1H3/b28-12+. The van der Waals surface area contributed by atoms with Gasteiger partial charge >= 0.3 is 0 Å². The summed E-state index contributed by atoms with van der Waals surface area (Å²) in [4.78, 5) is 24.5. The van der Waals surface area contributed by atoms with Crippen LogP contribution in [-0.2, 0) is 5.75 Å². The average Bonchev–Trinajstić information content (AvgIpc) is 3.21. The number of benzene rings is 2. The van der Waals surface area contributed by atoms with Crippen LogP contribution in [0.3, 0.4) is 0 Å². The van der Waals surface area contributed by atoms with Gasteiger partial charge in [-0.25, -0.2) is 14.4 Å². The van der Waals surface area contributed by atoms with Gasteiger partial charge in [-0.1, -0.05) is 6.07 Å². The number of nitrogens with one attached hydrogen (secondary N) is 1. The number of ether oxygens (including phenoxy) is 1. The summed E-state index contributed by atoms with van der Waals surface area (Å²) in [6, 6.07) is 15.7. The Hall–Kier alpha value is -3.98. The summed E-state index contributed by atoms with van der Waals surface area (Å²) in [5, 5.41) is 5.77. The van der Waals surface area contributed by atoms with Gasteiger partial charge in [0.25, 0.3) is 5.56 Å². The highest BCUT2D eigenvalue weighted by Gasteiger charge is 2.11. The fourth-order valence-corrected chi connectivity index (χ4v) is 4.34. The van der Waals surface area contributed by atoms with E-state index in [-0.39, 0.29) is 16.9 Å². The maximum atomic E-state index is 13.6. The van der Waals surface area contributed by atoms with Crippen LogP contribution < -0.4 is 10.3 Å². The molecule has 0 aliphatic rings. The molecular weight excluding hydrogens is 441 g/mol. The molecule has 164 valence electrons. The van der Waals surface area contributed by atoms with Crippen LogP contribution in [-0.4, -0.2) is 33.0 Å². The van der Waals surface area contributed by atoms with Crippen molar-refractivity contribution in [1.82, 2.24) is 19.6 Å². The molecule has 0 atom stereocenters. The summed E-state index contributed by atoms with van der Waals surface area (Å²) in [6.07, 6.45) is 4.68. The molecule has 0 spiro atoms.